The average Bonchev–Trinajstić information content (AvgIpc) is 2.38. The van der Waals surface area contributed by atoms with E-state index in [2.05, 4.69) is 32.9 Å². The summed E-state index contributed by atoms with van der Waals surface area (Å²) in [5, 5.41) is 10.9. The molecule has 0 fully saturated rings. The molecule has 1 atom stereocenters. The Labute approximate surface area is 122 Å². The third-order valence-electron chi connectivity index (χ3n) is 3.98. The van der Waals surface area contributed by atoms with Crippen LogP contribution < -0.4 is 0 Å². The molecule has 1 unspecified atom stereocenters. The molecule has 2 aromatic rings. The summed E-state index contributed by atoms with van der Waals surface area (Å²) in [4.78, 5) is 0. The van der Waals surface area contributed by atoms with Gasteiger partial charge in [0.1, 0.15) is 5.60 Å². The van der Waals surface area contributed by atoms with E-state index in [0.29, 0.717) is 0 Å². The van der Waals surface area contributed by atoms with Crippen molar-refractivity contribution in [2.75, 3.05) is 0 Å². The Morgan fingerprint density at radius 1 is 0.750 bits per heavy atom. The van der Waals surface area contributed by atoms with Gasteiger partial charge in [0.2, 0.25) is 0 Å². The lowest BCUT2D eigenvalue weighted by molar-refractivity contribution is 0.101. The zero-order valence-corrected chi connectivity index (χ0v) is 13.1. The van der Waals surface area contributed by atoms with Crippen LogP contribution in [0.2, 0.25) is 0 Å². The molecule has 1 nitrogen and oxygen atoms in total. The molecule has 0 aliphatic rings. The van der Waals surface area contributed by atoms with Crippen LogP contribution in [0.4, 0.5) is 0 Å². The van der Waals surface area contributed by atoms with Crippen molar-refractivity contribution in [3.8, 4) is 0 Å². The maximum absolute atomic E-state index is 10.9. The Kier molecular flexibility index (Phi) is 3.75. The minimum Gasteiger partial charge on any atom is -0.381 e. The topological polar surface area (TPSA) is 20.2 Å². The van der Waals surface area contributed by atoms with Gasteiger partial charge in [0, 0.05) is 0 Å². The van der Waals surface area contributed by atoms with Gasteiger partial charge in [-0.3, -0.25) is 0 Å². The second-order valence-corrected chi connectivity index (χ2v) is 6.71. The SMILES string of the molecule is Cc1ccccc1C(C)(O)c1ccc(C(C)(C)C)cc1. The highest BCUT2D eigenvalue weighted by atomic mass is 16.3. The van der Waals surface area contributed by atoms with Crippen LogP contribution in [0.3, 0.4) is 0 Å². The van der Waals surface area contributed by atoms with Crippen molar-refractivity contribution in [1.82, 2.24) is 0 Å². The van der Waals surface area contributed by atoms with Gasteiger partial charge in [0.25, 0.3) is 0 Å². The zero-order chi connectivity index (χ0) is 15.0. The first-order valence-electron chi connectivity index (χ1n) is 7.12. The smallest absolute Gasteiger partial charge is 0.112 e. The van der Waals surface area contributed by atoms with Gasteiger partial charge in [-0.05, 0) is 41.5 Å². The second kappa shape index (κ2) is 5.06. The van der Waals surface area contributed by atoms with E-state index < -0.39 is 5.60 Å². The lowest BCUT2D eigenvalue weighted by Crippen LogP contribution is -2.24. The Morgan fingerprint density at radius 3 is 1.75 bits per heavy atom. The largest absolute Gasteiger partial charge is 0.381 e. The molecule has 106 valence electrons. The predicted molar refractivity (Wildman–Crippen MR) is 85.0 cm³/mol. The third kappa shape index (κ3) is 2.78. The van der Waals surface area contributed by atoms with E-state index in [4.69, 9.17) is 0 Å². The maximum atomic E-state index is 10.9. The van der Waals surface area contributed by atoms with E-state index in [9.17, 15) is 5.11 Å². The van der Waals surface area contributed by atoms with E-state index in [1.807, 2.05) is 50.2 Å². The van der Waals surface area contributed by atoms with Crippen LogP contribution >= 0.6 is 0 Å². The van der Waals surface area contributed by atoms with E-state index in [1.165, 1.54) is 5.56 Å². The molecule has 0 aliphatic heterocycles. The van der Waals surface area contributed by atoms with Crippen LogP contribution in [0, 0.1) is 6.92 Å². The lowest BCUT2D eigenvalue weighted by atomic mass is 9.82. The molecular weight excluding hydrogens is 244 g/mol. The molecule has 0 bridgehead atoms. The van der Waals surface area contributed by atoms with Crippen LogP contribution in [0.1, 0.15) is 49.9 Å². The first kappa shape index (κ1) is 14.8. The highest BCUT2D eigenvalue weighted by molar-refractivity contribution is 5.41. The van der Waals surface area contributed by atoms with Crippen LogP contribution in [0.5, 0.6) is 0 Å². The highest BCUT2D eigenvalue weighted by Gasteiger charge is 2.27. The molecular formula is C19H24O. The average molecular weight is 268 g/mol. The van der Waals surface area contributed by atoms with Crippen molar-refractivity contribution in [2.45, 2.75) is 45.6 Å². The van der Waals surface area contributed by atoms with E-state index >= 15 is 0 Å². The number of benzene rings is 2. The summed E-state index contributed by atoms with van der Waals surface area (Å²) in [6.45, 7) is 10.5. The minimum absolute atomic E-state index is 0.132. The first-order chi connectivity index (χ1) is 9.23. The molecule has 1 N–H and O–H groups in total. The predicted octanol–water partition coefficient (Wildman–Crippen LogP) is 4.55. The van der Waals surface area contributed by atoms with E-state index in [0.717, 1.165) is 16.7 Å². The van der Waals surface area contributed by atoms with Gasteiger partial charge in [0.15, 0.2) is 0 Å². The molecule has 2 aromatic carbocycles. The standard InChI is InChI=1S/C19H24O/c1-14-8-6-7-9-17(14)19(5,20)16-12-10-15(11-13-16)18(2,3)4/h6-13,20H,1-5H3. The number of hydrogen-bond donors (Lipinski definition) is 1. The Balaban J connectivity index is 2.43. The van der Waals surface area contributed by atoms with Crippen molar-refractivity contribution in [2.24, 2.45) is 0 Å². The summed E-state index contributed by atoms with van der Waals surface area (Å²) in [6.07, 6.45) is 0. The van der Waals surface area contributed by atoms with Gasteiger partial charge in [-0.1, -0.05) is 69.3 Å². The van der Waals surface area contributed by atoms with Crippen molar-refractivity contribution in [3.05, 3.63) is 70.8 Å². The van der Waals surface area contributed by atoms with Crippen LogP contribution in [-0.2, 0) is 11.0 Å². The first-order valence-corrected chi connectivity index (χ1v) is 7.12. The van der Waals surface area contributed by atoms with Gasteiger partial charge < -0.3 is 5.11 Å². The highest BCUT2D eigenvalue weighted by Crippen LogP contribution is 2.32. The number of aryl methyl sites for hydroxylation is 1. The molecule has 0 amide bonds. The zero-order valence-electron chi connectivity index (χ0n) is 13.1. The third-order valence-corrected chi connectivity index (χ3v) is 3.98. The normalized spacial score (nSPS) is 14.9. The summed E-state index contributed by atoms with van der Waals surface area (Å²) in [5.41, 5.74) is 3.46. The van der Waals surface area contributed by atoms with Crippen LogP contribution in [-0.4, -0.2) is 5.11 Å². The summed E-state index contributed by atoms with van der Waals surface area (Å²) in [6, 6.07) is 16.3. The molecule has 1 heteroatoms. The molecule has 0 saturated heterocycles. The molecule has 0 aliphatic carbocycles. The summed E-state index contributed by atoms with van der Waals surface area (Å²) >= 11 is 0. The maximum Gasteiger partial charge on any atom is 0.112 e. The van der Waals surface area contributed by atoms with Gasteiger partial charge in [-0.25, -0.2) is 0 Å². The van der Waals surface area contributed by atoms with Crippen LogP contribution in [0.25, 0.3) is 0 Å². The van der Waals surface area contributed by atoms with Gasteiger partial charge >= 0.3 is 0 Å². The number of rotatable bonds is 2. The molecule has 2 rings (SSSR count). The van der Waals surface area contributed by atoms with Gasteiger partial charge in [-0.15, -0.1) is 0 Å². The molecule has 0 aromatic heterocycles. The molecule has 0 spiro atoms. The molecule has 0 saturated carbocycles. The summed E-state index contributed by atoms with van der Waals surface area (Å²) in [7, 11) is 0. The van der Waals surface area contributed by atoms with Crippen molar-refractivity contribution in [3.63, 3.8) is 0 Å². The Bertz CT molecular complexity index is 586. The summed E-state index contributed by atoms with van der Waals surface area (Å²) in [5.74, 6) is 0. The quantitative estimate of drug-likeness (QED) is 0.847. The van der Waals surface area contributed by atoms with Crippen molar-refractivity contribution >= 4 is 0 Å². The summed E-state index contributed by atoms with van der Waals surface area (Å²) < 4.78 is 0. The van der Waals surface area contributed by atoms with Gasteiger partial charge in [-0.2, -0.15) is 0 Å². The fourth-order valence-electron chi connectivity index (χ4n) is 2.57. The fraction of sp³-hybridized carbons (Fsp3) is 0.368. The Morgan fingerprint density at radius 2 is 1.25 bits per heavy atom. The number of aliphatic hydroxyl groups is 1. The monoisotopic (exact) mass is 268 g/mol. The van der Waals surface area contributed by atoms with Crippen molar-refractivity contribution in [1.29, 1.82) is 0 Å². The fourth-order valence-corrected chi connectivity index (χ4v) is 2.57. The van der Waals surface area contributed by atoms with E-state index in [-0.39, 0.29) is 5.41 Å². The minimum atomic E-state index is -0.957. The van der Waals surface area contributed by atoms with E-state index in [1.54, 1.807) is 0 Å². The van der Waals surface area contributed by atoms with Crippen molar-refractivity contribution < 1.29 is 5.11 Å². The van der Waals surface area contributed by atoms with Crippen LogP contribution in [0.15, 0.2) is 48.5 Å². The molecule has 0 heterocycles. The Hall–Kier alpha value is -1.60. The molecule has 0 radical (unpaired) electrons. The second-order valence-electron chi connectivity index (χ2n) is 6.71. The molecule has 20 heavy (non-hydrogen) atoms. The van der Waals surface area contributed by atoms with Gasteiger partial charge in [0.05, 0.1) is 0 Å². The number of hydrogen-bond acceptors (Lipinski definition) is 1. The lowest BCUT2D eigenvalue weighted by Gasteiger charge is -2.27.